The first-order chi connectivity index (χ1) is 22.5. The van der Waals surface area contributed by atoms with Crippen LogP contribution in [0.25, 0.3) is 10.3 Å². The molecule has 1 spiro atoms. The van der Waals surface area contributed by atoms with E-state index in [0.29, 0.717) is 23.9 Å². The third-order valence-electron chi connectivity index (χ3n) is 10.8. The van der Waals surface area contributed by atoms with Gasteiger partial charge in [-0.1, -0.05) is 44.2 Å². The largest absolute Gasteiger partial charge is 0.441 e. The number of aromatic nitrogens is 2. The summed E-state index contributed by atoms with van der Waals surface area (Å²) in [6.45, 7) is 11.6. The highest BCUT2D eigenvalue weighted by molar-refractivity contribution is 7.19. The van der Waals surface area contributed by atoms with Crippen molar-refractivity contribution in [2.45, 2.75) is 89.9 Å². The normalized spacial score (nSPS) is 22.8. The highest BCUT2D eigenvalue weighted by Crippen LogP contribution is 2.39. The van der Waals surface area contributed by atoms with E-state index in [1.807, 2.05) is 24.3 Å². The van der Waals surface area contributed by atoms with Crippen LogP contribution in [0.2, 0.25) is 0 Å². The molecule has 10 nitrogen and oxygen atoms in total. The van der Waals surface area contributed by atoms with Gasteiger partial charge in [-0.15, -0.1) is 0 Å². The SMILES string of the molecule is CC(C)(C)[C@H]1CCc2nc3sc(C(=O)N[C@H](CCN4CCC(O)CC4)c4cccc(N5CC6(CCNCC6)OC5=O)c4)nc3cc2C1. The fourth-order valence-electron chi connectivity index (χ4n) is 7.72. The van der Waals surface area contributed by atoms with Crippen LogP contribution in [0.4, 0.5) is 10.5 Å². The number of hydrogen-bond donors (Lipinski definition) is 3. The second-order valence-electron chi connectivity index (χ2n) is 15.1. The molecule has 3 aliphatic heterocycles. The molecule has 3 saturated heterocycles. The Morgan fingerprint density at radius 3 is 2.72 bits per heavy atom. The van der Waals surface area contributed by atoms with Crippen LogP contribution in [-0.2, 0) is 17.6 Å². The van der Waals surface area contributed by atoms with E-state index in [-0.39, 0.29) is 29.6 Å². The predicted octanol–water partition coefficient (Wildman–Crippen LogP) is 5.24. The number of amides is 2. The van der Waals surface area contributed by atoms with Gasteiger partial charge in [-0.2, -0.15) is 0 Å². The third kappa shape index (κ3) is 7.04. The molecule has 2 aromatic heterocycles. The van der Waals surface area contributed by atoms with Gasteiger partial charge in [-0.3, -0.25) is 9.69 Å². The van der Waals surface area contributed by atoms with E-state index in [2.05, 4.69) is 42.4 Å². The van der Waals surface area contributed by atoms with E-state index < -0.39 is 5.60 Å². The summed E-state index contributed by atoms with van der Waals surface area (Å²) in [4.78, 5) is 41.6. The standard InChI is InChI=1S/C36H48N6O4S/c1-35(2,3)25-7-8-28-24(19-25)21-30-32(39-28)47-33(40-30)31(44)38-29(11-18-41-16-9-27(43)10-17-41)23-5-4-6-26(20-23)42-22-36(46-34(42)45)12-14-37-15-13-36/h4-6,20-21,25,27,29,37,43H,7-19,22H2,1-3H3,(H,38,44)/t25-,29+/m0/s1. The number of carbonyl (C=O) groups is 2. The topological polar surface area (TPSA) is 120 Å². The molecular weight excluding hydrogens is 613 g/mol. The Hall–Kier alpha value is -3.12. The first-order valence-corrected chi connectivity index (χ1v) is 18.2. The Bertz CT molecular complexity index is 1620. The number of aliphatic hydroxyl groups excluding tert-OH is 1. The summed E-state index contributed by atoms with van der Waals surface area (Å²) in [6.07, 6.45) is 6.36. The number of anilines is 1. The molecule has 4 aliphatic rings. The number of pyridine rings is 1. The van der Waals surface area contributed by atoms with E-state index in [0.717, 1.165) is 105 Å². The maximum absolute atomic E-state index is 13.9. The number of nitrogens with one attached hydrogen (secondary N) is 2. The molecule has 11 heteroatoms. The van der Waals surface area contributed by atoms with Crippen molar-refractivity contribution >= 4 is 39.4 Å². The highest BCUT2D eigenvalue weighted by atomic mass is 32.1. The molecule has 2 amide bonds. The molecular formula is C36H48N6O4S. The average molecular weight is 661 g/mol. The monoisotopic (exact) mass is 660 g/mol. The zero-order chi connectivity index (χ0) is 32.8. The van der Waals surface area contributed by atoms with Crippen LogP contribution >= 0.6 is 11.3 Å². The van der Waals surface area contributed by atoms with Crippen molar-refractivity contribution in [3.8, 4) is 0 Å². The molecule has 1 aromatic carbocycles. The summed E-state index contributed by atoms with van der Waals surface area (Å²) in [7, 11) is 0. The van der Waals surface area contributed by atoms with E-state index in [1.165, 1.54) is 16.9 Å². The zero-order valence-electron chi connectivity index (χ0n) is 27.9. The van der Waals surface area contributed by atoms with E-state index in [1.54, 1.807) is 4.90 Å². The minimum Gasteiger partial charge on any atom is -0.441 e. The molecule has 7 rings (SSSR count). The molecule has 47 heavy (non-hydrogen) atoms. The van der Waals surface area contributed by atoms with Crippen LogP contribution in [0.5, 0.6) is 0 Å². The number of likely N-dealkylation sites (tertiary alicyclic amines) is 1. The van der Waals surface area contributed by atoms with Crippen LogP contribution in [0, 0.1) is 11.3 Å². The minimum atomic E-state index is -0.446. The van der Waals surface area contributed by atoms with Gasteiger partial charge in [0, 0.05) is 43.9 Å². The smallest absolute Gasteiger partial charge is 0.415 e. The van der Waals surface area contributed by atoms with Gasteiger partial charge in [0.15, 0.2) is 5.01 Å². The van der Waals surface area contributed by atoms with Crippen molar-refractivity contribution in [3.63, 3.8) is 0 Å². The first kappa shape index (κ1) is 32.4. The number of rotatable bonds is 7. The maximum Gasteiger partial charge on any atom is 0.415 e. The molecule has 0 bridgehead atoms. The first-order valence-electron chi connectivity index (χ1n) is 17.4. The molecule has 252 valence electrons. The number of piperidine rings is 2. The third-order valence-corrected chi connectivity index (χ3v) is 11.8. The number of nitrogens with zero attached hydrogens (tertiary/aromatic N) is 4. The van der Waals surface area contributed by atoms with Crippen molar-refractivity contribution in [3.05, 3.63) is 52.2 Å². The Morgan fingerprint density at radius 2 is 1.96 bits per heavy atom. The van der Waals surface area contributed by atoms with E-state index >= 15 is 0 Å². The summed E-state index contributed by atoms with van der Waals surface area (Å²) in [5, 5.41) is 17.1. The van der Waals surface area contributed by atoms with E-state index in [4.69, 9.17) is 14.7 Å². The lowest BCUT2D eigenvalue weighted by Gasteiger charge is -2.34. The number of ether oxygens (including phenoxy) is 1. The lowest BCUT2D eigenvalue weighted by Crippen LogP contribution is -2.44. The van der Waals surface area contributed by atoms with Gasteiger partial charge >= 0.3 is 6.09 Å². The second kappa shape index (κ2) is 13.1. The number of carbonyl (C=O) groups excluding carboxylic acids is 2. The van der Waals surface area contributed by atoms with Crippen molar-refractivity contribution in [2.75, 3.05) is 44.2 Å². The van der Waals surface area contributed by atoms with Crippen LogP contribution in [0.3, 0.4) is 0 Å². The van der Waals surface area contributed by atoms with Crippen LogP contribution in [0.1, 0.15) is 92.0 Å². The van der Waals surface area contributed by atoms with Crippen molar-refractivity contribution < 1.29 is 19.4 Å². The summed E-state index contributed by atoms with van der Waals surface area (Å²) >= 11 is 1.36. The van der Waals surface area contributed by atoms with Gasteiger partial charge in [-0.05, 0) is 92.3 Å². The predicted molar refractivity (Wildman–Crippen MR) is 184 cm³/mol. The van der Waals surface area contributed by atoms with Crippen LogP contribution in [0.15, 0.2) is 30.3 Å². The van der Waals surface area contributed by atoms with Gasteiger partial charge in [0.2, 0.25) is 0 Å². The lowest BCUT2D eigenvalue weighted by atomic mass is 9.71. The lowest BCUT2D eigenvalue weighted by molar-refractivity contribution is 0.0316. The fourth-order valence-corrected chi connectivity index (χ4v) is 8.56. The van der Waals surface area contributed by atoms with Gasteiger partial charge < -0.3 is 25.4 Å². The number of aliphatic hydroxyl groups is 1. The summed E-state index contributed by atoms with van der Waals surface area (Å²) < 4.78 is 5.94. The Kier molecular flexibility index (Phi) is 9.01. The molecule has 0 unspecified atom stereocenters. The summed E-state index contributed by atoms with van der Waals surface area (Å²) in [5.74, 6) is 0.389. The van der Waals surface area contributed by atoms with Gasteiger partial charge in [0.25, 0.3) is 5.91 Å². The number of benzene rings is 1. The van der Waals surface area contributed by atoms with Gasteiger partial charge in [0.1, 0.15) is 15.9 Å². The molecule has 2 atom stereocenters. The Balaban J connectivity index is 1.12. The number of fused-ring (bicyclic) bond motifs is 2. The maximum atomic E-state index is 13.9. The van der Waals surface area contributed by atoms with Crippen LogP contribution < -0.4 is 15.5 Å². The molecule has 1 aliphatic carbocycles. The number of thiazole rings is 1. The second-order valence-corrected chi connectivity index (χ2v) is 16.1. The molecule has 0 saturated carbocycles. The molecule has 3 N–H and O–H groups in total. The highest BCUT2D eigenvalue weighted by Gasteiger charge is 2.46. The zero-order valence-corrected chi connectivity index (χ0v) is 28.7. The molecule has 3 aromatic rings. The number of hydrogen-bond acceptors (Lipinski definition) is 9. The van der Waals surface area contributed by atoms with Crippen LogP contribution in [-0.4, -0.2) is 82.9 Å². The molecule has 3 fully saturated rings. The van der Waals surface area contributed by atoms with E-state index in [9.17, 15) is 14.7 Å². The van der Waals surface area contributed by atoms with Gasteiger partial charge in [0.05, 0.1) is 18.7 Å². The Morgan fingerprint density at radius 1 is 1.17 bits per heavy atom. The molecule has 5 heterocycles. The van der Waals surface area contributed by atoms with Crippen molar-refractivity contribution in [2.24, 2.45) is 11.3 Å². The fraction of sp³-hybridized carbons (Fsp3) is 0.611. The average Bonchev–Trinajstić information content (AvgIpc) is 3.62. The molecule has 0 radical (unpaired) electrons. The van der Waals surface area contributed by atoms with Crippen molar-refractivity contribution in [1.29, 1.82) is 0 Å². The van der Waals surface area contributed by atoms with Gasteiger partial charge in [-0.25, -0.2) is 14.8 Å². The Labute approximate surface area is 281 Å². The van der Waals surface area contributed by atoms with Crippen molar-refractivity contribution in [1.82, 2.24) is 25.5 Å². The summed E-state index contributed by atoms with van der Waals surface area (Å²) in [6, 6.07) is 9.81. The minimum absolute atomic E-state index is 0.211. The number of aryl methyl sites for hydroxylation is 1. The quantitative estimate of drug-likeness (QED) is 0.315. The summed E-state index contributed by atoms with van der Waals surface area (Å²) in [5.41, 5.74) is 4.71.